The molecule has 0 aliphatic heterocycles. The molecule has 1 N–H and O–H groups in total. The van der Waals surface area contributed by atoms with E-state index in [1.165, 1.54) is 51.4 Å². The van der Waals surface area contributed by atoms with Crippen molar-refractivity contribution in [1.82, 2.24) is 0 Å². The van der Waals surface area contributed by atoms with Crippen LogP contribution in [-0.2, 0) is 0 Å². The van der Waals surface area contributed by atoms with Crippen LogP contribution in [0, 0.1) is 17.8 Å². The lowest BCUT2D eigenvalue weighted by Gasteiger charge is -2.37. The van der Waals surface area contributed by atoms with Gasteiger partial charge < -0.3 is 5.11 Å². The Morgan fingerprint density at radius 3 is 2.31 bits per heavy atom. The van der Waals surface area contributed by atoms with E-state index in [0.29, 0.717) is 0 Å². The molecule has 2 fully saturated rings. The molecular weight excluding hydrogens is 196 g/mol. The summed E-state index contributed by atoms with van der Waals surface area (Å²) in [6.07, 6.45) is 13.5. The highest BCUT2D eigenvalue weighted by atomic mass is 16.3. The fraction of sp³-hybridized carbons (Fsp3) is 1.00. The maximum absolute atomic E-state index is 9.75. The number of hydrogen-bond acceptors (Lipinski definition) is 1. The van der Waals surface area contributed by atoms with Crippen molar-refractivity contribution in [1.29, 1.82) is 0 Å². The van der Waals surface area contributed by atoms with E-state index in [2.05, 4.69) is 6.92 Å². The van der Waals surface area contributed by atoms with Crippen molar-refractivity contribution in [2.75, 3.05) is 0 Å². The van der Waals surface area contributed by atoms with Crippen LogP contribution in [0.1, 0.15) is 71.1 Å². The molecule has 0 spiro atoms. The Bertz CT molecular complexity index is 194. The molecule has 16 heavy (non-hydrogen) atoms. The van der Waals surface area contributed by atoms with E-state index in [1.54, 1.807) is 0 Å². The molecule has 94 valence electrons. The zero-order chi connectivity index (χ0) is 11.4. The molecule has 0 aromatic rings. The van der Waals surface area contributed by atoms with Crippen LogP contribution in [0.5, 0.6) is 0 Å². The van der Waals surface area contributed by atoms with Crippen LogP contribution in [-0.4, -0.2) is 11.2 Å². The molecule has 2 saturated carbocycles. The predicted molar refractivity (Wildman–Crippen MR) is 68.3 cm³/mol. The van der Waals surface area contributed by atoms with Crippen LogP contribution in [0.25, 0.3) is 0 Å². The molecule has 0 unspecified atom stereocenters. The van der Waals surface area contributed by atoms with E-state index in [0.717, 1.165) is 30.6 Å². The highest BCUT2D eigenvalue weighted by Gasteiger charge is 2.30. The van der Waals surface area contributed by atoms with Gasteiger partial charge in [0, 0.05) is 0 Å². The molecule has 0 saturated heterocycles. The Hall–Kier alpha value is -0.0400. The molecule has 0 bridgehead atoms. The van der Waals surface area contributed by atoms with Gasteiger partial charge >= 0.3 is 0 Å². The quantitative estimate of drug-likeness (QED) is 0.763. The fourth-order valence-corrected chi connectivity index (χ4v) is 3.99. The lowest BCUT2D eigenvalue weighted by Crippen LogP contribution is -2.28. The smallest absolute Gasteiger partial charge is 0.0543 e. The predicted octanol–water partition coefficient (Wildman–Crippen LogP) is 4.14. The molecule has 0 aromatic carbocycles. The summed E-state index contributed by atoms with van der Waals surface area (Å²) < 4.78 is 0. The van der Waals surface area contributed by atoms with E-state index >= 15 is 0 Å². The number of hydrogen-bond donors (Lipinski definition) is 1. The molecule has 2 atom stereocenters. The van der Waals surface area contributed by atoms with Crippen LogP contribution in [0.4, 0.5) is 0 Å². The largest absolute Gasteiger partial charge is 0.393 e. The summed E-state index contributed by atoms with van der Waals surface area (Å²) in [7, 11) is 0. The summed E-state index contributed by atoms with van der Waals surface area (Å²) in [6.45, 7) is 2.31. The third-order valence-electron chi connectivity index (χ3n) is 4.94. The SMILES string of the molecule is CCCC1CCC([C@@H]2CCC[C@@H](O)C2)CC1. The average molecular weight is 224 g/mol. The lowest BCUT2D eigenvalue weighted by molar-refractivity contribution is 0.0641. The van der Waals surface area contributed by atoms with Crippen molar-refractivity contribution in [3.63, 3.8) is 0 Å². The van der Waals surface area contributed by atoms with Crippen LogP contribution in [0.3, 0.4) is 0 Å². The summed E-state index contributed by atoms with van der Waals surface area (Å²) in [5.74, 6) is 2.82. The molecule has 0 aromatic heterocycles. The van der Waals surface area contributed by atoms with Crippen LogP contribution >= 0.6 is 0 Å². The highest BCUT2D eigenvalue weighted by molar-refractivity contribution is 4.82. The molecule has 2 aliphatic rings. The van der Waals surface area contributed by atoms with Gasteiger partial charge in [0.25, 0.3) is 0 Å². The monoisotopic (exact) mass is 224 g/mol. The van der Waals surface area contributed by atoms with Gasteiger partial charge in [-0.05, 0) is 49.9 Å². The van der Waals surface area contributed by atoms with Gasteiger partial charge in [0.05, 0.1) is 6.10 Å². The Morgan fingerprint density at radius 1 is 0.938 bits per heavy atom. The first-order valence-corrected chi connectivity index (χ1v) is 7.47. The lowest BCUT2D eigenvalue weighted by atomic mass is 9.70. The zero-order valence-corrected chi connectivity index (χ0v) is 10.8. The number of aliphatic hydroxyl groups is 1. The van der Waals surface area contributed by atoms with E-state index in [1.807, 2.05) is 0 Å². The van der Waals surface area contributed by atoms with E-state index in [9.17, 15) is 5.11 Å². The minimum Gasteiger partial charge on any atom is -0.393 e. The summed E-state index contributed by atoms with van der Waals surface area (Å²) in [6, 6.07) is 0. The maximum atomic E-state index is 9.75. The third-order valence-corrected chi connectivity index (χ3v) is 4.94. The van der Waals surface area contributed by atoms with Gasteiger partial charge in [0.15, 0.2) is 0 Å². The van der Waals surface area contributed by atoms with Gasteiger partial charge in [-0.3, -0.25) is 0 Å². The van der Waals surface area contributed by atoms with E-state index < -0.39 is 0 Å². The van der Waals surface area contributed by atoms with Gasteiger partial charge in [-0.15, -0.1) is 0 Å². The Morgan fingerprint density at radius 2 is 1.69 bits per heavy atom. The van der Waals surface area contributed by atoms with E-state index in [-0.39, 0.29) is 6.10 Å². The second-order valence-corrected chi connectivity index (χ2v) is 6.15. The normalized spacial score (nSPS) is 40.9. The van der Waals surface area contributed by atoms with Crippen molar-refractivity contribution in [2.24, 2.45) is 17.8 Å². The first kappa shape index (κ1) is 12.4. The Balaban J connectivity index is 1.75. The Kier molecular flexibility index (Phi) is 4.69. The molecule has 1 nitrogen and oxygen atoms in total. The standard InChI is InChI=1S/C15H28O/c1-2-4-12-7-9-13(10-8-12)14-5-3-6-15(16)11-14/h12-16H,2-11H2,1H3/t12?,13?,14-,15-/m1/s1. The minimum atomic E-state index is 0.0205. The molecular formula is C15H28O. The first-order valence-electron chi connectivity index (χ1n) is 7.47. The topological polar surface area (TPSA) is 20.2 Å². The molecule has 0 amide bonds. The second-order valence-electron chi connectivity index (χ2n) is 6.15. The molecule has 1 heteroatoms. The van der Waals surface area contributed by atoms with Crippen LogP contribution < -0.4 is 0 Å². The van der Waals surface area contributed by atoms with Gasteiger partial charge in [0.1, 0.15) is 0 Å². The molecule has 2 rings (SSSR count). The van der Waals surface area contributed by atoms with Gasteiger partial charge in [0.2, 0.25) is 0 Å². The van der Waals surface area contributed by atoms with Crippen LogP contribution in [0.15, 0.2) is 0 Å². The Labute approximate surface area is 101 Å². The maximum Gasteiger partial charge on any atom is 0.0543 e. The van der Waals surface area contributed by atoms with Crippen LogP contribution in [0.2, 0.25) is 0 Å². The number of aliphatic hydroxyl groups excluding tert-OH is 1. The molecule has 2 aliphatic carbocycles. The summed E-state index contributed by atoms with van der Waals surface area (Å²) in [5, 5.41) is 9.75. The average Bonchev–Trinajstić information content (AvgIpc) is 2.30. The third kappa shape index (κ3) is 3.23. The van der Waals surface area contributed by atoms with Crippen molar-refractivity contribution in [3.05, 3.63) is 0 Å². The van der Waals surface area contributed by atoms with Gasteiger partial charge in [-0.2, -0.15) is 0 Å². The van der Waals surface area contributed by atoms with Crippen molar-refractivity contribution < 1.29 is 5.11 Å². The molecule has 0 radical (unpaired) electrons. The zero-order valence-electron chi connectivity index (χ0n) is 10.8. The fourth-order valence-electron chi connectivity index (χ4n) is 3.99. The highest BCUT2D eigenvalue weighted by Crippen LogP contribution is 2.40. The second kappa shape index (κ2) is 6.05. The summed E-state index contributed by atoms with van der Waals surface area (Å²) >= 11 is 0. The first-order chi connectivity index (χ1) is 7.79. The number of rotatable bonds is 3. The van der Waals surface area contributed by atoms with E-state index in [4.69, 9.17) is 0 Å². The van der Waals surface area contributed by atoms with Crippen molar-refractivity contribution >= 4 is 0 Å². The van der Waals surface area contributed by atoms with Gasteiger partial charge in [-0.25, -0.2) is 0 Å². The van der Waals surface area contributed by atoms with Gasteiger partial charge in [-0.1, -0.05) is 39.0 Å². The van der Waals surface area contributed by atoms with Crippen molar-refractivity contribution in [3.8, 4) is 0 Å². The molecule has 0 heterocycles. The minimum absolute atomic E-state index is 0.0205. The summed E-state index contributed by atoms with van der Waals surface area (Å²) in [4.78, 5) is 0. The van der Waals surface area contributed by atoms with Crippen molar-refractivity contribution in [2.45, 2.75) is 77.2 Å². The summed E-state index contributed by atoms with van der Waals surface area (Å²) in [5.41, 5.74) is 0.